The molecule has 2 aromatic carbocycles. The molecule has 0 saturated carbocycles. The predicted molar refractivity (Wildman–Crippen MR) is 100 cm³/mol. The van der Waals surface area contributed by atoms with Gasteiger partial charge in [0, 0.05) is 21.9 Å². The molecule has 0 amide bonds. The van der Waals surface area contributed by atoms with Crippen LogP contribution >= 0.6 is 11.8 Å². The van der Waals surface area contributed by atoms with E-state index in [1.165, 1.54) is 0 Å². The van der Waals surface area contributed by atoms with E-state index < -0.39 is 45.2 Å². The van der Waals surface area contributed by atoms with Gasteiger partial charge in [-0.3, -0.25) is 0 Å². The van der Waals surface area contributed by atoms with Gasteiger partial charge in [0.25, 0.3) is 0 Å². The first-order valence-corrected chi connectivity index (χ1v) is 9.01. The van der Waals surface area contributed by atoms with Crippen molar-refractivity contribution in [2.24, 2.45) is 0 Å². The SMILES string of the molecule is O=C(O)/C=C/c1ccc(Sc2ccc(/C=C/C(=O)O)cc2C(F)(F)F)c(C(F)(F)F)c1. The second kappa shape index (κ2) is 9.29. The molecule has 0 saturated heterocycles. The van der Waals surface area contributed by atoms with Gasteiger partial charge in [-0.15, -0.1) is 0 Å². The molecular formula is C20H12F6O4S. The Morgan fingerprint density at radius 3 is 1.35 bits per heavy atom. The molecule has 2 aromatic rings. The Kier molecular flexibility index (Phi) is 7.21. The number of hydrogen-bond acceptors (Lipinski definition) is 3. The van der Waals surface area contributed by atoms with Crippen molar-refractivity contribution in [3.63, 3.8) is 0 Å². The van der Waals surface area contributed by atoms with E-state index in [0.717, 1.165) is 36.4 Å². The molecule has 0 aliphatic rings. The summed E-state index contributed by atoms with van der Waals surface area (Å²) in [5, 5.41) is 17.2. The Morgan fingerprint density at radius 2 is 1.06 bits per heavy atom. The van der Waals surface area contributed by atoms with Gasteiger partial charge < -0.3 is 10.2 Å². The van der Waals surface area contributed by atoms with Crippen LogP contribution in [0.5, 0.6) is 0 Å². The minimum atomic E-state index is -4.90. The number of halogens is 6. The van der Waals surface area contributed by atoms with Crippen LogP contribution in [0.3, 0.4) is 0 Å². The summed E-state index contributed by atoms with van der Waals surface area (Å²) < 4.78 is 80.8. The van der Waals surface area contributed by atoms with Gasteiger partial charge in [0.1, 0.15) is 0 Å². The van der Waals surface area contributed by atoms with Gasteiger partial charge >= 0.3 is 24.3 Å². The van der Waals surface area contributed by atoms with E-state index in [4.69, 9.17) is 10.2 Å². The number of rotatable bonds is 6. The summed E-state index contributed by atoms with van der Waals surface area (Å²) in [6.07, 6.45) is -6.69. The first kappa shape index (κ1) is 24.1. The van der Waals surface area contributed by atoms with E-state index in [9.17, 15) is 35.9 Å². The molecule has 0 bridgehead atoms. The quantitative estimate of drug-likeness (QED) is 0.403. The number of benzene rings is 2. The molecule has 0 atom stereocenters. The largest absolute Gasteiger partial charge is 0.478 e. The van der Waals surface area contributed by atoms with E-state index in [2.05, 4.69) is 0 Å². The number of carboxylic acids is 2. The molecule has 0 unspecified atom stereocenters. The molecule has 0 heterocycles. The normalized spacial score (nSPS) is 12.6. The van der Waals surface area contributed by atoms with Gasteiger partial charge in [-0.1, -0.05) is 23.9 Å². The zero-order valence-electron chi connectivity index (χ0n) is 15.2. The number of hydrogen-bond donors (Lipinski definition) is 2. The number of carbonyl (C=O) groups is 2. The van der Waals surface area contributed by atoms with Crippen molar-refractivity contribution in [2.45, 2.75) is 22.1 Å². The van der Waals surface area contributed by atoms with Crippen LogP contribution in [0.15, 0.2) is 58.3 Å². The van der Waals surface area contributed by atoms with Crippen molar-refractivity contribution < 1.29 is 46.1 Å². The van der Waals surface area contributed by atoms with E-state index in [1.54, 1.807) is 0 Å². The lowest BCUT2D eigenvalue weighted by molar-refractivity contribution is -0.140. The maximum Gasteiger partial charge on any atom is 0.417 e. The molecule has 0 radical (unpaired) electrons. The molecule has 31 heavy (non-hydrogen) atoms. The van der Waals surface area contributed by atoms with Crippen LogP contribution in [0.1, 0.15) is 22.3 Å². The van der Waals surface area contributed by atoms with Crippen molar-refractivity contribution in [2.75, 3.05) is 0 Å². The highest BCUT2D eigenvalue weighted by atomic mass is 32.2. The van der Waals surface area contributed by atoms with Crippen LogP contribution in [0, 0.1) is 0 Å². The standard InChI is InChI=1S/C20H12F6O4S/c21-19(22,23)13-9-11(3-7-17(27)28)1-5-15(13)31-16-6-2-12(4-8-18(29)30)10-14(16)20(24,25)26/h1-10H,(H,27,28)(H,29,30)/b7-3+,8-4+. The molecule has 0 aliphatic carbocycles. The monoisotopic (exact) mass is 462 g/mol. The van der Waals surface area contributed by atoms with Gasteiger partial charge in [0.05, 0.1) is 11.1 Å². The zero-order chi connectivity index (χ0) is 23.4. The fraction of sp³-hybridized carbons (Fsp3) is 0.100. The zero-order valence-corrected chi connectivity index (χ0v) is 16.0. The Bertz CT molecular complexity index is 971. The van der Waals surface area contributed by atoms with Gasteiger partial charge in [-0.25, -0.2) is 9.59 Å². The van der Waals surface area contributed by atoms with Crippen molar-refractivity contribution in [1.29, 1.82) is 0 Å². The third kappa shape index (κ3) is 6.92. The summed E-state index contributed by atoms with van der Waals surface area (Å²) in [5.74, 6) is -2.75. The van der Waals surface area contributed by atoms with E-state index in [-0.39, 0.29) is 22.9 Å². The lowest BCUT2D eigenvalue weighted by atomic mass is 10.1. The molecule has 4 nitrogen and oxygen atoms in total. The highest BCUT2D eigenvalue weighted by Gasteiger charge is 2.37. The summed E-state index contributed by atoms with van der Waals surface area (Å²) >= 11 is 0.240. The van der Waals surface area contributed by atoms with Crippen LogP contribution < -0.4 is 0 Å². The molecule has 0 aliphatic heterocycles. The molecule has 0 fully saturated rings. The molecule has 2 rings (SSSR count). The lowest BCUT2D eigenvalue weighted by Crippen LogP contribution is -2.09. The van der Waals surface area contributed by atoms with Crippen molar-refractivity contribution in [1.82, 2.24) is 0 Å². The van der Waals surface area contributed by atoms with Crippen LogP contribution in [0.4, 0.5) is 26.3 Å². The maximum absolute atomic E-state index is 13.5. The fourth-order valence-corrected chi connectivity index (χ4v) is 3.46. The second-order valence-electron chi connectivity index (χ2n) is 5.95. The fourth-order valence-electron chi connectivity index (χ4n) is 2.38. The average molecular weight is 462 g/mol. The highest BCUT2D eigenvalue weighted by Crippen LogP contribution is 2.44. The van der Waals surface area contributed by atoms with Crippen LogP contribution in [0.2, 0.25) is 0 Å². The van der Waals surface area contributed by atoms with E-state index in [0.29, 0.717) is 24.3 Å². The lowest BCUT2D eigenvalue weighted by Gasteiger charge is -2.17. The van der Waals surface area contributed by atoms with Gasteiger partial charge in [-0.2, -0.15) is 26.3 Å². The summed E-state index contributed by atoms with van der Waals surface area (Å²) in [7, 11) is 0. The van der Waals surface area contributed by atoms with Gasteiger partial charge in [0.2, 0.25) is 0 Å². The number of carboxylic acid groups (broad SMARTS) is 2. The van der Waals surface area contributed by atoms with Crippen molar-refractivity contribution >= 4 is 35.9 Å². The molecule has 164 valence electrons. The average Bonchev–Trinajstić information content (AvgIpc) is 2.64. The Labute approximate surface area is 175 Å². The summed E-state index contributed by atoms with van der Waals surface area (Å²) in [6, 6.07) is 5.47. The van der Waals surface area contributed by atoms with Crippen LogP contribution in [-0.2, 0) is 21.9 Å². The molecule has 0 aromatic heterocycles. The summed E-state index contributed by atoms with van der Waals surface area (Å²) in [6.45, 7) is 0. The smallest absolute Gasteiger partial charge is 0.417 e. The first-order valence-electron chi connectivity index (χ1n) is 8.20. The topological polar surface area (TPSA) is 74.6 Å². The summed E-state index contributed by atoms with van der Waals surface area (Å²) in [4.78, 5) is 20.1. The maximum atomic E-state index is 13.5. The molecule has 11 heteroatoms. The molecule has 0 spiro atoms. The highest BCUT2D eigenvalue weighted by molar-refractivity contribution is 7.99. The van der Waals surface area contributed by atoms with Crippen LogP contribution in [0.25, 0.3) is 12.2 Å². The Morgan fingerprint density at radius 1 is 0.710 bits per heavy atom. The number of aliphatic carboxylic acids is 2. The van der Waals surface area contributed by atoms with Crippen molar-refractivity contribution in [3.05, 3.63) is 70.8 Å². The Hall–Kier alpha value is -3.21. The Balaban J connectivity index is 2.53. The molecule has 2 N–H and O–H groups in total. The van der Waals surface area contributed by atoms with E-state index >= 15 is 0 Å². The third-order valence-corrected chi connectivity index (χ3v) is 4.83. The first-order chi connectivity index (χ1) is 14.3. The van der Waals surface area contributed by atoms with Gasteiger partial charge in [0.15, 0.2) is 0 Å². The van der Waals surface area contributed by atoms with E-state index in [1.807, 2.05) is 0 Å². The van der Waals surface area contributed by atoms with Crippen LogP contribution in [-0.4, -0.2) is 22.2 Å². The minimum absolute atomic E-state index is 0.0933. The third-order valence-electron chi connectivity index (χ3n) is 3.67. The van der Waals surface area contributed by atoms with Gasteiger partial charge in [-0.05, 0) is 47.5 Å². The second-order valence-corrected chi connectivity index (χ2v) is 7.04. The predicted octanol–water partition coefficient (Wildman–Crippen LogP) is 6.07. The molecular weight excluding hydrogens is 450 g/mol. The van der Waals surface area contributed by atoms with Crippen molar-refractivity contribution in [3.8, 4) is 0 Å². The number of alkyl halides is 6. The summed E-state index contributed by atoms with van der Waals surface area (Å²) in [5.41, 5.74) is -2.64. The minimum Gasteiger partial charge on any atom is -0.478 e.